The second-order valence-corrected chi connectivity index (χ2v) is 11.5. The van der Waals surface area contributed by atoms with E-state index in [0.717, 1.165) is 24.0 Å². The molecule has 190 valence electrons. The third kappa shape index (κ3) is 7.74. The summed E-state index contributed by atoms with van der Waals surface area (Å²) < 4.78 is 5.45. The van der Waals surface area contributed by atoms with E-state index in [2.05, 4.69) is 10.6 Å². The van der Waals surface area contributed by atoms with Crippen LogP contribution in [-0.2, 0) is 14.3 Å². The number of aryl methyl sites for hydroxylation is 1. The summed E-state index contributed by atoms with van der Waals surface area (Å²) in [4.78, 5) is 42.1. The lowest BCUT2D eigenvalue weighted by Crippen LogP contribution is -2.57. The largest absolute Gasteiger partial charge is 0.444 e. The van der Waals surface area contributed by atoms with Gasteiger partial charge in [0.25, 0.3) is 0 Å². The van der Waals surface area contributed by atoms with Gasteiger partial charge >= 0.3 is 6.09 Å². The van der Waals surface area contributed by atoms with Crippen LogP contribution >= 0.6 is 0 Å². The molecule has 3 amide bonds. The molecule has 0 saturated heterocycles. The minimum Gasteiger partial charge on any atom is -0.444 e. The van der Waals surface area contributed by atoms with Gasteiger partial charge in [0.1, 0.15) is 17.7 Å². The van der Waals surface area contributed by atoms with Crippen LogP contribution in [0.5, 0.6) is 0 Å². The lowest BCUT2D eigenvalue weighted by molar-refractivity contribution is -0.144. The first-order valence-corrected chi connectivity index (χ1v) is 12.3. The molecule has 0 aromatic heterocycles. The zero-order valence-corrected chi connectivity index (χ0v) is 22.3. The third-order valence-electron chi connectivity index (χ3n) is 5.85. The first kappa shape index (κ1) is 27.7. The van der Waals surface area contributed by atoms with Gasteiger partial charge in [0, 0.05) is 11.6 Å². The van der Waals surface area contributed by atoms with Crippen molar-refractivity contribution in [3.63, 3.8) is 0 Å². The molecular formula is C27H43N3O4. The van der Waals surface area contributed by atoms with Crippen LogP contribution in [0.4, 0.5) is 4.79 Å². The Bertz CT molecular complexity index is 881. The van der Waals surface area contributed by atoms with Crippen molar-refractivity contribution in [1.82, 2.24) is 15.5 Å². The van der Waals surface area contributed by atoms with E-state index < -0.39 is 29.3 Å². The van der Waals surface area contributed by atoms with E-state index in [9.17, 15) is 14.4 Å². The molecule has 0 heterocycles. The fourth-order valence-corrected chi connectivity index (χ4v) is 3.90. The van der Waals surface area contributed by atoms with E-state index in [0.29, 0.717) is 6.42 Å². The van der Waals surface area contributed by atoms with Crippen molar-refractivity contribution in [2.24, 2.45) is 5.92 Å². The van der Waals surface area contributed by atoms with E-state index in [1.54, 1.807) is 25.7 Å². The second-order valence-electron chi connectivity index (χ2n) is 11.5. The molecule has 34 heavy (non-hydrogen) atoms. The Balaban J connectivity index is 2.50. The van der Waals surface area contributed by atoms with Crippen LogP contribution in [0.15, 0.2) is 24.3 Å². The molecular weight excluding hydrogens is 430 g/mol. The molecule has 0 aliphatic heterocycles. The van der Waals surface area contributed by atoms with Gasteiger partial charge in [-0.3, -0.25) is 9.59 Å². The number of ether oxygens (including phenoxy) is 1. The van der Waals surface area contributed by atoms with Crippen LogP contribution in [0, 0.1) is 12.8 Å². The van der Waals surface area contributed by atoms with Gasteiger partial charge < -0.3 is 20.3 Å². The number of nitrogens with one attached hydrogen (secondary N) is 2. The maximum Gasteiger partial charge on any atom is 0.408 e. The topological polar surface area (TPSA) is 87.7 Å². The lowest BCUT2D eigenvalue weighted by Gasteiger charge is -2.38. The number of alkyl carbamates (subject to hydrolysis) is 1. The zero-order valence-electron chi connectivity index (χ0n) is 22.3. The third-order valence-corrected chi connectivity index (χ3v) is 5.85. The molecule has 0 bridgehead atoms. The van der Waals surface area contributed by atoms with Crippen LogP contribution in [0.2, 0.25) is 0 Å². The molecule has 1 aromatic rings. The normalized spacial score (nSPS) is 16.7. The summed E-state index contributed by atoms with van der Waals surface area (Å²) in [7, 11) is 0. The second kappa shape index (κ2) is 10.8. The Labute approximate surface area is 205 Å². The fraction of sp³-hybridized carbons (Fsp3) is 0.667. The number of hydrogen-bond acceptors (Lipinski definition) is 4. The highest BCUT2D eigenvalue weighted by Crippen LogP contribution is 2.37. The highest BCUT2D eigenvalue weighted by molar-refractivity contribution is 5.93. The molecule has 2 rings (SSSR count). The Morgan fingerprint density at radius 1 is 1.09 bits per heavy atom. The average Bonchev–Trinajstić information content (AvgIpc) is 3.52. The van der Waals surface area contributed by atoms with Gasteiger partial charge in [0.2, 0.25) is 11.8 Å². The minimum absolute atomic E-state index is 0.0465. The van der Waals surface area contributed by atoms with Crippen LogP contribution < -0.4 is 10.6 Å². The van der Waals surface area contributed by atoms with Gasteiger partial charge in [-0.15, -0.1) is 0 Å². The maximum atomic E-state index is 14.1. The monoisotopic (exact) mass is 473 g/mol. The van der Waals surface area contributed by atoms with E-state index >= 15 is 0 Å². The molecule has 3 atom stereocenters. The van der Waals surface area contributed by atoms with Gasteiger partial charge in [-0.2, -0.15) is 0 Å². The molecule has 1 saturated carbocycles. The van der Waals surface area contributed by atoms with Gasteiger partial charge in [-0.05, 0) is 78.4 Å². The summed E-state index contributed by atoms with van der Waals surface area (Å²) >= 11 is 0. The summed E-state index contributed by atoms with van der Waals surface area (Å²) in [6.45, 7) is 17.0. The highest BCUT2D eigenvalue weighted by Gasteiger charge is 2.45. The van der Waals surface area contributed by atoms with Crippen molar-refractivity contribution in [3.8, 4) is 0 Å². The van der Waals surface area contributed by atoms with Crippen molar-refractivity contribution in [3.05, 3.63) is 35.4 Å². The highest BCUT2D eigenvalue weighted by atomic mass is 16.6. The van der Waals surface area contributed by atoms with Crippen LogP contribution in [-0.4, -0.2) is 46.0 Å². The zero-order chi connectivity index (χ0) is 25.8. The van der Waals surface area contributed by atoms with Gasteiger partial charge in [-0.25, -0.2) is 4.79 Å². The fourth-order valence-electron chi connectivity index (χ4n) is 3.90. The first-order chi connectivity index (χ1) is 15.6. The van der Waals surface area contributed by atoms with Crippen molar-refractivity contribution < 1.29 is 19.1 Å². The average molecular weight is 474 g/mol. The van der Waals surface area contributed by atoms with Crippen LogP contribution in [0.1, 0.15) is 91.8 Å². The SMILES string of the molecule is CCC(C)C(NC(=O)OC(C)(C)C)C(=O)N(C1CC1)C(C(=O)NC(C)(C)C)c1ccccc1C. The van der Waals surface area contributed by atoms with Crippen LogP contribution in [0.3, 0.4) is 0 Å². The van der Waals surface area contributed by atoms with Crippen molar-refractivity contribution in [2.75, 3.05) is 0 Å². The number of nitrogens with zero attached hydrogens (tertiary/aromatic N) is 1. The van der Waals surface area contributed by atoms with Crippen molar-refractivity contribution in [2.45, 2.75) is 111 Å². The van der Waals surface area contributed by atoms with E-state index in [1.807, 2.05) is 65.8 Å². The molecule has 1 aromatic carbocycles. The number of hydrogen-bond donors (Lipinski definition) is 2. The quantitative estimate of drug-likeness (QED) is 0.563. The Morgan fingerprint density at radius 2 is 1.68 bits per heavy atom. The summed E-state index contributed by atoms with van der Waals surface area (Å²) in [6.07, 6.45) is 1.72. The van der Waals surface area contributed by atoms with Crippen molar-refractivity contribution >= 4 is 17.9 Å². The first-order valence-electron chi connectivity index (χ1n) is 12.3. The molecule has 7 heteroatoms. The van der Waals surface area contributed by atoms with Crippen LogP contribution in [0.25, 0.3) is 0 Å². The lowest BCUT2D eigenvalue weighted by atomic mass is 9.93. The Hall–Kier alpha value is -2.57. The van der Waals surface area contributed by atoms with Gasteiger partial charge in [-0.1, -0.05) is 44.5 Å². The molecule has 7 nitrogen and oxygen atoms in total. The van der Waals surface area contributed by atoms with Crippen molar-refractivity contribution in [1.29, 1.82) is 0 Å². The molecule has 0 radical (unpaired) electrons. The summed E-state index contributed by atoms with van der Waals surface area (Å²) in [5.74, 6) is -0.605. The molecule has 1 fully saturated rings. The summed E-state index contributed by atoms with van der Waals surface area (Å²) in [5.41, 5.74) is 0.598. The standard InChI is InChI=1S/C27H43N3O4/c1-10-17(2)21(28-25(33)34-27(7,8)9)24(32)30(19-15-16-19)22(23(31)29-26(4,5)6)20-14-12-11-13-18(20)3/h11-14,17,19,21-22H,10,15-16H2,1-9H3,(H,28,33)(H,29,31). The van der Waals surface area contributed by atoms with E-state index in [-0.39, 0.29) is 23.8 Å². The summed E-state index contributed by atoms with van der Waals surface area (Å²) in [5, 5.41) is 5.88. The van der Waals surface area contributed by atoms with E-state index in [1.165, 1.54) is 0 Å². The number of carbonyl (C=O) groups is 3. The molecule has 3 unspecified atom stereocenters. The number of amides is 3. The minimum atomic E-state index is -0.797. The van der Waals surface area contributed by atoms with Gasteiger partial charge in [0.15, 0.2) is 0 Å². The molecule has 1 aliphatic carbocycles. The Kier molecular flexibility index (Phi) is 8.78. The smallest absolute Gasteiger partial charge is 0.408 e. The summed E-state index contributed by atoms with van der Waals surface area (Å²) in [6, 6.07) is 6.04. The van der Waals surface area contributed by atoms with Gasteiger partial charge in [0.05, 0.1) is 0 Å². The van der Waals surface area contributed by atoms with E-state index in [4.69, 9.17) is 4.74 Å². The molecule has 1 aliphatic rings. The number of carbonyl (C=O) groups excluding carboxylic acids is 3. The molecule has 0 spiro atoms. The Morgan fingerprint density at radius 3 is 2.15 bits per heavy atom. The predicted molar refractivity (Wildman–Crippen MR) is 134 cm³/mol. The maximum absolute atomic E-state index is 14.1. The number of benzene rings is 1. The number of rotatable bonds is 8. The molecule has 2 N–H and O–H groups in total. The predicted octanol–water partition coefficient (Wildman–Crippen LogP) is 4.88.